The fourth-order valence-corrected chi connectivity index (χ4v) is 3.81. The number of nitrogens with zero attached hydrogens (tertiary/aromatic N) is 3. The normalized spacial score (nSPS) is 10.9. The van der Waals surface area contributed by atoms with Crippen LogP contribution in [0, 0.1) is 11.6 Å². The number of amides is 1. The molecular weight excluding hydrogens is 380 g/mol. The van der Waals surface area contributed by atoms with E-state index in [0.29, 0.717) is 27.5 Å². The van der Waals surface area contributed by atoms with Crippen molar-refractivity contribution < 1.29 is 13.6 Å². The molecule has 2 heterocycles. The number of thiazole rings is 1. The van der Waals surface area contributed by atoms with Gasteiger partial charge in [0.05, 0.1) is 23.2 Å². The van der Waals surface area contributed by atoms with E-state index in [1.165, 1.54) is 35.6 Å². The van der Waals surface area contributed by atoms with Crippen LogP contribution in [0.4, 0.5) is 13.9 Å². The number of aromatic nitrogens is 2. The molecule has 0 fully saturated rings. The maximum atomic E-state index is 13.5. The van der Waals surface area contributed by atoms with Gasteiger partial charge in [-0.3, -0.25) is 14.7 Å². The molecular formula is C21H15F2N3OS. The second-order valence-electron chi connectivity index (χ2n) is 6.25. The average molecular weight is 395 g/mol. The number of carbonyl (C=O) groups is 1. The smallest absolute Gasteiger partial charge is 0.233 e. The standard InChI is InChI=1S/C21H15F2N3OS/c22-16-3-1-14(2-4-16)11-20(27)26(13-15-7-9-24-10-8-15)21-25-18-6-5-17(23)12-19(18)28-21/h1-10,12H,11,13H2. The molecule has 0 N–H and O–H groups in total. The van der Waals surface area contributed by atoms with E-state index in [-0.39, 0.29) is 24.0 Å². The van der Waals surface area contributed by atoms with Gasteiger partial charge in [-0.1, -0.05) is 23.5 Å². The van der Waals surface area contributed by atoms with E-state index in [2.05, 4.69) is 9.97 Å². The summed E-state index contributed by atoms with van der Waals surface area (Å²) in [4.78, 5) is 23.1. The van der Waals surface area contributed by atoms with Gasteiger partial charge in [-0.25, -0.2) is 13.8 Å². The molecule has 0 bridgehead atoms. The molecule has 2 aromatic carbocycles. The first-order valence-electron chi connectivity index (χ1n) is 8.58. The summed E-state index contributed by atoms with van der Waals surface area (Å²) in [5, 5.41) is 0.490. The highest BCUT2D eigenvalue weighted by atomic mass is 32.1. The molecule has 0 atom stereocenters. The van der Waals surface area contributed by atoms with Gasteiger partial charge in [0, 0.05) is 12.4 Å². The van der Waals surface area contributed by atoms with E-state index in [1.807, 2.05) is 12.1 Å². The number of hydrogen-bond acceptors (Lipinski definition) is 4. The fraction of sp³-hybridized carbons (Fsp3) is 0.0952. The van der Waals surface area contributed by atoms with Crippen molar-refractivity contribution in [2.75, 3.05) is 4.90 Å². The van der Waals surface area contributed by atoms with Crippen LogP contribution in [0.3, 0.4) is 0 Å². The van der Waals surface area contributed by atoms with Crippen molar-refractivity contribution in [2.24, 2.45) is 0 Å². The van der Waals surface area contributed by atoms with Crippen LogP contribution in [-0.2, 0) is 17.8 Å². The molecule has 4 nitrogen and oxygen atoms in total. The predicted octanol–water partition coefficient (Wildman–Crippen LogP) is 4.75. The Morgan fingerprint density at radius 1 is 0.929 bits per heavy atom. The Kier molecular flexibility index (Phi) is 5.08. The maximum Gasteiger partial charge on any atom is 0.233 e. The quantitative estimate of drug-likeness (QED) is 0.490. The lowest BCUT2D eigenvalue weighted by Crippen LogP contribution is -2.31. The Hall–Kier alpha value is -3.19. The second-order valence-corrected chi connectivity index (χ2v) is 7.26. The van der Waals surface area contributed by atoms with Gasteiger partial charge in [-0.05, 0) is 53.6 Å². The van der Waals surface area contributed by atoms with Crippen LogP contribution in [0.1, 0.15) is 11.1 Å². The second kappa shape index (κ2) is 7.82. The monoisotopic (exact) mass is 395 g/mol. The SMILES string of the molecule is O=C(Cc1ccc(F)cc1)N(Cc1ccncc1)c1nc2ccc(F)cc2s1. The Morgan fingerprint density at radius 2 is 1.64 bits per heavy atom. The number of anilines is 1. The number of fused-ring (bicyclic) bond motifs is 1. The van der Waals surface area contributed by atoms with E-state index >= 15 is 0 Å². The number of pyridine rings is 1. The number of rotatable bonds is 5. The molecule has 0 saturated heterocycles. The van der Waals surface area contributed by atoms with Gasteiger partial charge in [0.2, 0.25) is 5.91 Å². The fourth-order valence-electron chi connectivity index (χ4n) is 2.81. The topological polar surface area (TPSA) is 46.1 Å². The van der Waals surface area contributed by atoms with E-state index in [0.717, 1.165) is 5.56 Å². The average Bonchev–Trinajstić information content (AvgIpc) is 3.11. The highest BCUT2D eigenvalue weighted by molar-refractivity contribution is 7.22. The molecule has 0 aliphatic carbocycles. The molecule has 0 radical (unpaired) electrons. The van der Waals surface area contributed by atoms with Crippen molar-refractivity contribution in [3.05, 3.63) is 89.8 Å². The van der Waals surface area contributed by atoms with Crippen molar-refractivity contribution in [3.8, 4) is 0 Å². The van der Waals surface area contributed by atoms with E-state index in [1.54, 1.807) is 35.5 Å². The molecule has 1 amide bonds. The minimum Gasteiger partial charge on any atom is -0.283 e. The Labute approximate surface area is 164 Å². The highest BCUT2D eigenvalue weighted by Crippen LogP contribution is 2.30. The molecule has 0 saturated carbocycles. The zero-order chi connectivity index (χ0) is 19.5. The van der Waals surface area contributed by atoms with Gasteiger partial charge in [-0.15, -0.1) is 0 Å². The zero-order valence-corrected chi connectivity index (χ0v) is 15.5. The van der Waals surface area contributed by atoms with Gasteiger partial charge in [0.15, 0.2) is 5.13 Å². The van der Waals surface area contributed by atoms with Crippen molar-refractivity contribution in [1.29, 1.82) is 0 Å². The molecule has 0 aliphatic rings. The largest absolute Gasteiger partial charge is 0.283 e. The Morgan fingerprint density at radius 3 is 2.39 bits per heavy atom. The molecule has 2 aromatic heterocycles. The summed E-state index contributed by atoms with van der Waals surface area (Å²) in [7, 11) is 0. The van der Waals surface area contributed by atoms with E-state index in [9.17, 15) is 13.6 Å². The lowest BCUT2D eigenvalue weighted by molar-refractivity contribution is -0.118. The van der Waals surface area contributed by atoms with Crippen molar-refractivity contribution in [1.82, 2.24) is 9.97 Å². The summed E-state index contributed by atoms with van der Waals surface area (Å²) in [5.41, 5.74) is 2.24. The van der Waals surface area contributed by atoms with Crippen molar-refractivity contribution >= 4 is 32.6 Å². The van der Waals surface area contributed by atoms with Gasteiger partial charge < -0.3 is 0 Å². The lowest BCUT2D eigenvalue weighted by atomic mass is 10.1. The van der Waals surface area contributed by atoms with Crippen LogP contribution in [0.5, 0.6) is 0 Å². The van der Waals surface area contributed by atoms with Crippen LogP contribution >= 0.6 is 11.3 Å². The Bertz CT molecular complexity index is 1110. The third kappa shape index (κ3) is 4.04. The van der Waals surface area contributed by atoms with Crippen molar-refractivity contribution in [3.63, 3.8) is 0 Å². The van der Waals surface area contributed by atoms with Crippen LogP contribution in [0.15, 0.2) is 67.0 Å². The van der Waals surface area contributed by atoms with Crippen LogP contribution in [0.25, 0.3) is 10.2 Å². The first-order valence-corrected chi connectivity index (χ1v) is 9.40. The van der Waals surface area contributed by atoms with Gasteiger partial charge in [0.25, 0.3) is 0 Å². The lowest BCUT2D eigenvalue weighted by Gasteiger charge is -2.20. The first kappa shape index (κ1) is 18.2. The van der Waals surface area contributed by atoms with Crippen molar-refractivity contribution in [2.45, 2.75) is 13.0 Å². The summed E-state index contributed by atoms with van der Waals surface area (Å²) in [6.07, 6.45) is 3.42. The van der Waals surface area contributed by atoms with E-state index < -0.39 is 0 Å². The molecule has 7 heteroatoms. The summed E-state index contributed by atoms with van der Waals surface area (Å²) >= 11 is 1.26. The molecule has 4 aromatic rings. The number of hydrogen-bond donors (Lipinski definition) is 0. The molecule has 0 aliphatic heterocycles. The summed E-state index contributed by atoms with van der Waals surface area (Å²) in [6, 6.07) is 13.8. The third-order valence-electron chi connectivity index (χ3n) is 4.23. The predicted molar refractivity (Wildman–Crippen MR) is 105 cm³/mol. The molecule has 4 rings (SSSR count). The summed E-state index contributed by atoms with van der Waals surface area (Å²) in [6.45, 7) is 0.310. The summed E-state index contributed by atoms with van der Waals surface area (Å²) in [5.74, 6) is -0.873. The van der Waals surface area contributed by atoms with Gasteiger partial charge in [0.1, 0.15) is 11.6 Å². The van der Waals surface area contributed by atoms with Crippen LogP contribution < -0.4 is 4.90 Å². The minimum atomic E-state index is -0.349. The number of carbonyl (C=O) groups excluding carboxylic acids is 1. The first-order chi connectivity index (χ1) is 13.6. The zero-order valence-electron chi connectivity index (χ0n) is 14.7. The van der Waals surface area contributed by atoms with Crippen LogP contribution in [0.2, 0.25) is 0 Å². The van der Waals surface area contributed by atoms with Crippen LogP contribution in [-0.4, -0.2) is 15.9 Å². The number of benzene rings is 2. The molecule has 140 valence electrons. The minimum absolute atomic E-state index is 0.107. The summed E-state index contributed by atoms with van der Waals surface area (Å²) < 4.78 is 27.3. The molecule has 0 unspecified atom stereocenters. The number of halogens is 2. The Balaban J connectivity index is 1.67. The van der Waals surface area contributed by atoms with Gasteiger partial charge in [-0.2, -0.15) is 0 Å². The van der Waals surface area contributed by atoms with Gasteiger partial charge >= 0.3 is 0 Å². The molecule has 28 heavy (non-hydrogen) atoms. The highest BCUT2D eigenvalue weighted by Gasteiger charge is 2.21. The third-order valence-corrected chi connectivity index (χ3v) is 5.27. The molecule has 0 spiro atoms. The van der Waals surface area contributed by atoms with E-state index in [4.69, 9.17) is 0 Å². The maximum absolute atomic E-state index is 13.5.